The molecule has 1 aliphatic heterocycles. The molecule has 0 radical (unpaired) electrons. The Morgan fingerprint density at radius 1 is 1.53 bits per heavy atom. The molecule has 1 aromatic carbocycles. The van der Waals surface area contributed by atoms with E-state index in [-0.39, 0.29) is 5.91 Å². The van der Waals surface area contributed by atoms with Crippen LogP contribution in [-0.2, 0) is 17.6 Å². The Labute approximate surface area is 108 Å². The molecule has 0 unspecified atom stereocenters. The molecular formula is C12H13BrN2O2. The van der Waals surface area contributed by atoms with Gasteiger partial charge in [-0.15, -0.1) is 0 Å². The van der Waals surface area contributed by atoms with Crippen LogP contribution in [0.5, 0.6) is 0 Å². The number of hydrogen-bond donors (Lipinski definition) is 1. The lowest BCUT2D eigenvalue weighted by atomic mass is 10.1. The molecule has 4 nitrogen and oxygen atoms in total. The van der Waals surface area contributed by atoms with E-state index in [0.717, 1.165) is 18.5 Å². The zero-order valence-corrected chi connectivity index (χ0v) is 11.1. The summed E-state index contributed by atoms with van der Waals surface area (Å²) >= 11 is 2.83. The van der Waals surface area contributed by atoms with Crippen LogP contribution < -0.4 is 10.2 Å². The summed E-state index contributed by atoms with van der Waals surface area (Å²) in [5.74, 6) is -0.173. The third kappa shape index (κ3) is 2.40. The second kappa shape index (κ2) is 4.98. The molecular weight excluding hydrogens is 284 g/mol. The summed E-state index contributed by atoms with van der Waals surface area (Å²) in [5, 5.41) is 3.08. The quantitative estimate of drug-likeness (QED) is 0.684. The number of nitrogens with zero attached hydrogens (tertiary/aromatic N) is 1. The van der Waals surface area contributed by atoms with E-state index in [9.17, 15) is 9.59 Å². The van der Waals surface area contributed by atoms with Crippen molar-refractivity contribution in [2.24, 2.45) is 0 Å². The van der Waals surface area contributed by atoms with Crippen molar-refractivity contribution in [2.45, 2.75) is 12.8 Å². The fourth-order valence-corrected chi connectivity index (χ4v) is 2.38. The largest absolute Gasteiger partial charge is 0.319 e. The Morgan fingerprint density at radius 3 is 2.94 bits per heavy atom. The Bertz CT molecular complexity index is 474. The molecule has 1 heterocycles. The molecule has 0 spiro atoms. The predicted octanol–water partition coefficient (Wildman–Crippen LogP) is 1.85. The van der Waals surface area contributed by atoms with Gasteiger partial charge in [0.15, 0.2) is 0 Å². The number of carbonyl (C=O) groups is 2. The minimum atomic E-state index is -0.399. The predicted molar refractivity (Wildman–Crippen MR) is 69.6 cm³/mol. The van der Waals surface area contributed by atoms with Crippen LogP contribution in [-0.4, -0.2) is 24.3 Å². The minimum Gasteiger partial charge on any atom is -0.319 e. The third-order valence-electron chi connectivity index (χ3n) is 2.82. The smallest absolute Gasteiger partial charge is 0.300 e. The van der Waals surface area contributed by atoms with Crippen molar-refractivity contribution in [1.29, 1.82) is 0 Å². The molecule has 90 valence electrons. The average Bonchev–Trinajstić information content (AvgIpc) is 2.61. The average molecular weight is 297 g/mol. The number of anilines is 1. The SMILES string of the molecule is CNCCc1ccc2c(c1)CC(=O)N2C(=O)Br. The summed E-state index contributed by atoms with van der Waals surface area (Å²) in [7, 11) is 1.90. The first-order chi connectivity index (χ1) is 8.13. The number of fused-ring (bicyclic) bond motifs is 1. The van der Waals surface area contributed by atoms with Crippen molar-refractivity contribution in [2.75, 3.05) is 18.5 Å². The number of likely N-dealkylation sites (N-methyl/N-ethyl adjacent to an activating group) is 1. The lowest BCUT2D eigenvalue weighted by Gasteiger charge is -2.11. The van der Waals surface area contributed by atoms with E-state index in [4.69, 9.17) is 0 Å². The highest BCUT2D eigenvalue weighted by Crippen LogP contribution is 2.31. The topological polar surface area (TPSA) is 49.4 Å². The second-order valence-corrected chi connectivity index (χ2v) is 4.65. The zero-order chi connectivity index (χ0) is 12.4. The molecule has 0 atom stereocenters. The lowest BCUT2D eigenvalue weighted by molar-refractivity contribution is -0.116. The van der Waals surface area contributed by atoms with Gasteiger partial charge in [0, 0.05) is 15.9 Å². The first-order valence-corrected chi connectivity index (χ1v) is 6.21. The molecule has 0 aliphatic carbocycles. The Hall–Kier alpha value is -1.20. The van der Waals surface area contributed by atoms with Gasteiger partial charge in [0.1, 0.15) is 0 Å². The highest BCUT2D eigenvalue weighted by Gasteiger charge is 2.30. The van der Waals surface area contributed by atoms with Gasteiger partial charge in [-0.3, -0.25) is 9.59 Å². The summed E-state index contributed by atoms with van der Waals surface area (Å²) in [6.45, 7) is 0.897. The van der Waals surface area contributed by atoms with Crippen molar-refractivity contribution < 1.29 is 9.59 Å². The first-order valence-electron chi connectivity index (χ1n) is 5.42. The van der Waals surface area contributed by atoms with E-state index in [0.29, 0.717) is 12.1 Å². The maximum Gasteiger partial charge on any atom is 0.300 e. The normalized spacial score (nSPS) is 14.0. The van der Waals surface area contributed by atoms with E-state index in [2.05, 4.69) is 21.2 Å². The number of nitrogens with one attached hydrogen (secondary N) is 1. The van der Waals surface area contributed by atoms with Gasteiger partial charge in [-0.05, 0) is 37.2 Å². The minimum absolute atomic E-state index is 0.173. The molecule has 17 heavy (non-hydrogen) atoms. The number of imide groups is 1. The monoisotopic (exact) mass is 296 g/mol. The maximum atomic E-state index is 11.7. The number of benzene rings is 1. The van der Waals surface area contributed by atoms with Crippen molar-refractivity contribution in [3.05, 3.63) is 29.3 Å². The highest BCUT2D eigenvalue weighted by molar-refractivity contribution is 9.18. The molecule has 0 saturated heterocycles. The van der Waals surface area contributed by atoms with Gasteiger partial charge in [0.25, 0.3) is 0 Å². The third-order valence-corrected chi connectivity index (χ3v) is 3.17. The zero-order valence-electron chi connectivity index (χ0n) is 9.50. The number of amides is 2. The first kappa shape index (κ1) is 12.3. The van der Waals surface area contributed by atoms with Gasteiger partial charge in [-0.1, -0.05) is 12.1 Å². The maximum absolute atomic E-state index is 11.7. The lowest BCUT2D eigenvalue weighted by Crippen LogP contribution is -2.28. The Kier molecular flexibility index (Phi) is 3.59. The van der Waals surface area contributed by atoms with E-state index >= 15 is 0 Å². The Morgan fingerprint density at radius 2 is 2.29 bits per heavy atom. The molecule has 2 rings (SSSR count). The van der Waals surface area contributed by atoms with Gasteiger partial charge >= 0.3 is 4.82 Å². The van der Waals surface area contributed by atoms with Crippen LogP contribution in [0.4, 0.5) is 10.5 Å². The molecule has 1 aliphatic rings. The summed E-state index contributed by atoms with van der Waals surface area (Å²) < 4.78 is 0. The molecule has 1 N–H and O–H groups in total. The standard InChI is InChI=1S/C12H13BrN2O2/c1-14-5-4-8-2-3-10-9(6-8)7-11(16)15(10)12(13)17/h2-3,6,14H,4-5,7H2,1H3. The van der Waals surface area contributed by atoms with Crippen LogP contribution in [0.1, 0.15) is 11.1 Å². The van der Waals surface area contributed by atoms with E-state index in [1.54, 1.807) is 0 Å². The van der Waals surface area contributed by atoms with Crippen LogP contribution in [0.3, 0.4) is 0 Å². The fourth-order valence-electron chi connectivity index (χ4n) is 1.99. The van der Waals surface area contributed by atoms with Crippen LogP contribution in [0.25, 0.3) is 0 Å². The molecule has 0 aromatic heterocycles. The van der Waals surface area contributed by atoms with E-state index < -0.39 is 4.82 Å². The summed E-state index contributed by atoms with van der Waals surface area (Å²) in [6.07, 6.45) is 1.22. The summed E-state index contributed by atoms with van der Waals surface area (Å²) in [4.78, 5) is 23.7. The molecule has 2 amide bonds. The molecule has 1 aromatic rings. The van der Waals surface area contributed by atoms with Gasteiger partial charge in [-0.2, -0.15) is 0 Å². The summed E-state index contributed by atoms with van der Waals surface area (Å²) in [5.41, 5.74) is 2.80. The Balaban J connectivity index is 2.28. The number of halogens is 1. The molecule has 0 bridgehead atoms. The number of rotatable bonds is 3. The second-order valence-electron chi connectivity index (χ2n) is 3.98. The van der Waals surface area contributed by atoms with E-state index in [1.807, 2.05) is 25.2 Å². The molecule has 0 fully saturated rings. The van der Waals surface area contributed by atoms with Crippen molar-refractivity contribution in [3.63, 3.8) is 0 Å². The molecule has 0 saturated carbocycles. The van der Waals surface area contributed by atoms with Gasteiger partial charge in [0.05, 0.1) is 12.1 Å². The number of hydrogen-bond acceptors (Lipinski definition) is 3. The van der Waals surface area contributed by atoms with Crippen LogP contribution in [0.2, 0.25) is 0 Å². The van der Waals surface area contributed by atoms with E-state index in [1.165, 1.54) is 10.5 Å². The van der Waals surface area contributed by atoms with Gasteiger partial charge < -0.3 is 5.32 Å². The van der Waals surface area contributed by atoms with Crippen LogP contribution >= 0.6 is 15.9 Å². The number of carbonyl (C=O) groups excluding carboxylic acids is 2. The highest BCUT2D eigenvalue weighted by atomic mass is 79.9. The van der Waals surface area contributed by atoms with Crippen molar-refractivity contribution in [1.82, 2.24) is 5.32 Å². The summed E-state index contributed by atoms with van der Waals surface area (Å²) in [6, 6.07) is 5.79. The fraction of sp³-hybridized carbons (Fsp3) is 0.333. The van der Waals surface area contributed by atoms with Crippen molar-refractivity contribution >= 4 is 32.3 Å². The van der Waals surface area contributed by atoms with Crippen molar-refractivity contribution in [3.8, 4) is 0 Å². The van der Waals surface area contributed by atoms with Gasteiger partial charge in [-0.25, -0.2) is 4.90 Å². The molecule has 5 heteroatoms. The van der Waals surface area contributed by atoms with Gasteiger partial charge in [0.2, 0.25) is 5.91 Å². The van der Waals surface area contributed by atoms with Crippen LogP contribution in [0, 0.1) is 0 Å². The van der Waals surface area contributed by atoms with Crippen LogP contribution in [0.15, 0.2) is 18.2 Å².